The summed E-state index contributed by atoms with van der Waals surface area (Å²) in [5.74, 6) is 0.849. The van der Waals surface area contributed by atoms with Gasteiger partial charge in [0.2, 0.25) is 0 Å². The van der Waals surface area contributed by atoms with Gasteiger partial charge in [0.05, 0.1) is 0 Å². The van der Waals surface area contributed by atoms with E-state index in [1.807, 2.05) is 6.20 Å². The van der Waals surface area contributed by atoms with Crippen molar-refractivity contribution in [3.05, 3.63) is 33.8 Å². The van der Waals surface area contributed by atoms with Crippen LogP contribution in [-0.2, 0) is 6.42 Å². The zero-order valence-corrected chi connectivity index (χ0v) is 11.3. The van der Waals surface area contributed by atoms with Gasteiger partial charge in [-0.15, -0.1) is 0 Å². The number of hydrogen-bond donors (Lipinski definition) is 1. The van der Waals surface area contributed by atoms with E-state index in [4.69, 9.17) is 10.7 Å². The van der Waals surface area contributed by atoms with Gasteiger partial charge in [-0.1, -0.05) is 6.42 Å². The third kappa shape index (κ3) is 2.06. The predicted molar refractivity (Wildman–Crippen MR) is 74.6 cm³/mol. The molecular weight excluding hydrogens is 242 g/mol. The van der Waals surface area contributed by atoms with Gasteiger partial charge >= 0.3 is 0 Å². The van der Waals surface area contributed by atoms with Gasteiger partial charge in [0, 0.05) is 34.4 Å². The van der Waals surface area contributed by atoms with E-state index in [9.17, 15) is 0 Å². The third-order valence-electron chi connectivity index (χ3n) is 3.57. The van der Waals surface area contributed by atoms with Crippen LogP contribution in [0.4, 0.5) is 0 Å². The lowest BCUT2D eigenvalue weighted by Crippen LogP contribution is -2.12. The average molecular weight is 259 g/mol. The number of hydrogen-bond acceptors (Lipinski definition) is 4. The van der Waals surface area contributed by atoms with Gasteiger partial charge < -0.3 is 5.73 Å². The van der Waals surface area contributed by atoms with E-state index in [0.29, 0.717) is 0 Å². The van der Waals surface area contributed by atoms with Crippen LogP contribution < -0.4 is 5.73 Å². The topological polar surface area (TPSA) is 51.8 Å². The Labute approximate surface area is 111 Å². The summed E-state index contributed by atoms with van der Waals surface area (Å²) in [6, 6.07) is 0.111. The van der Waals surface area contributed by atoms with Gasteiger partial charge in [-0.05, 0) is 37.1 Å². The molecule has 0 aliphatic heterocycles. The first kappa shape index (κ1) is 11.8. The quantitative estimate of drug-likeness (QED) is 0.800. The molecule has 3 nitrogen and oxygen atoms in total. The zero-order valence-electron chi connectivity index (χ0n) is 10.5. The Morgan fingerprint density at radius 2 is 2.22 bits per heavy atom. The van der Waals surface area contributed by atoms with Crippen LogP contribution in [0.15, 0.2) is 17.0 Å². The Morgan fingerprint density at radius 3 is 3.00 bits per heavy atom. The van der Waals surface area contributed by atoms with Crippen LogP contribution in [0.2, 0.25) is 0 Å². The van der Waals surface area contributed by atoms with Gasteiger partial charge in [-0.25, -0.2) is 9.97 Å². The first-order valence-electron chi connectivity index (χ1n) is 6.40. The van der Waals surface area contributed by atoms with Gasteiger partial charge in [0.25, 0.3) is 0 Å². The molecule has 2 aromatic heterocycles. The number of nitrogens with zero attached hydrogens (tertiary/aromatic N) is 2. The SMILES string of the molecule is Cc1cscc1-c1ncc2c(n1)CCCCC2N. The van der Waals surface area contributed by atoms with E-state index in [1.165, 1.54) is 18.4 Å². The van der Waals surface area contributed by atoms with Crippen molar-refractivity contribution in [1.29, 1.82) is 0 Å². The molecule has 0 radical (unpaired) electrons. The lowest BCUT2D eigenvalue weighted by atomic mass is 10.1. The molecule has 18 heavy (non-hydrogen) atoms. The summed E-state index contributed by atoms with van der Waals surface area (Å²) in [5, 5.41) is 4.25. The molecule has 1 aliphatic rings. The van der Waals surface area contributed by atoms with E-state index in [0.717, 1.165) is 35.5 Å². The minimum atomic E-state index is 0.111. The Bertz CT molecular complexity index is 562. The minimum Gasteiger partial charge on any atom is -0.324 e. The van der Waals surface area contributed by atoms with Crippen LogP contribution in [0.5, 0.6) is 0 Å². The van der Waals surface area contributed by atoms with Crippen molar-refractivity contribution >= 4 is 11.3 Å². The van der Waals surface area contributed by atoms with Crippen LogP contribution >= 0.6 is 11.3 Å². The van der Waals surface area contributed by atoms with E-state index in [2.05, 4.69) is 22.7 Å². The summed E-state index contributed by atoms with van der Waals surface area (Å²) in [5.41, 5.74) is 10.9. The Kier molecular flexibility index (Phi) is 3.14. The lowest BCUT2D eigenvalue weighted by molar-refractivity contribution is 0.614. The summed E-state index contributed by atoms with van der Waals surface area (Å²) >= 11 is 1.70. The second kappa shape index (κ2) is 4.78. The van der Waals surface area contributed by atoms with Crippen molar-refractivity contribution in [2.45, 2.75) is 38.6 Å². The molecule has 0 fully saturated rings. The lowest BCUT2D eigenvalue weighted by Gasteiger charge is -2.12. The van der Waals surface area contributed by atoms with Crippen molar-refractivity contribution in [1.82, 2.24) is 9.97 Å². The van der Waals surface area contributed by atoms with Crippen molar-refractivity contribution in [2.75, 3.05) is 0 Å². The number of rotatable bonds is 1. The maximum Gasteiger partial charge on any atom is 0.160 e. The Hall–Kier alpha value is -1.26. The number of fused-ring (bicyclic) bond motifs is 1. The summed E-state index contributed by atoms with van der Waals surface area (Å²) in [4.78, 5) is 9.25. The number of nitrogens with two attached hydrogens (primary N) is 1. The molecule has 0 bridgehead atoms. The van der Waals surface area contributed by atoms with Crippen molar-refractivity contribution in [3.63, 3.8) is 0 Å². The largest absolute Gasteiger partial charge is 0.324 e. The van der Waals surface area contributed by atoms with Crippen LogP contribution in [0.25, 0.3) is 11.4 Å². The van der Waals surface area contributed by atoms with Gasteiger partial charge in [-0.3, -0.25) is 0 Å². The number of aryl methyl sites for hydroxylation is 2. The molecule has 1 aliphatic carbocycles. The molecule has 2 aromatic rings. The second-order valence-corrected chi connectivity index (χ2v) is 5.66. The summed E-state index contributed by atoms with van der Waals surface area (Å²) in [6.45, 7) is 2.10. The average Bonchev–Trinajstić information content (AvgIpc) is 2.71. The number of thiophene rings is 1. The molecule has 0 saturated carbocycles. The summed E-state index contributed by atoms with van der Waals surface area (Å²) in [6.07, 6.45) is 6.38. The third-order valence-corrected chi connectivity index (χ3v) is 4.44. The Balaban J connectivity index is 2.05. The van der Waals surface area contributed by atoms with E-state index in [-0.39, 0.29) is 6.04 Å². The fourth-order valence-electron chi connectivity index (χ4n) is 2.47. The summed E-state index contributed by atoms with van der Waals surface area (Å²) in [7, 11) is 0. The molecular formula is C14H17N3S. The van der Waals surface area contributed by atoms with Crippen molar-refractivity contribution in [3.8, 4) is 11.4 Å². The maximum atomic E-state index is 6.17. The van der Waals surface area contributed by atoms with Crippen molar-refractivity contribution in [2.24, 2.45) is 5.73 Å². The number of aromatic nitrogens is 2. The maximum absolute atomic E-state index is 6.17. The second-order valence-electron chi connectivity index (χ2n) is 4.92. The van der Waals surface area contributed by atoms with Crippen LogP contribution in [0.1, 0.15) is 42.1 Å². The van der Waals surface area contributed by atoms with Gasteiger partial charge in [0.15, 0.2) is 5.82 Å². The molecule has 4 heteroatoms. The predicted octanol–water partition coefficient (Wildman–Crippen LogP) is 3.24. The monoisotopic (exact) mass is 259 g/mol. The standard InChI is InChI=1S/C14H17N3S/c1-9-7-18-8-11(9)14-16-6-10-12(15)4-2-3-5-13(10)17-14/h6-8,12H,2-5,15H2,1H3. The van der Waals surface area contributed by atoms with Crippen LogP contribution in [0.3, 0.4) is 0 Å². The highest BCUT2D eigenvalue weighted by atomic mass is 32.1. The molecule has 1 unspecified atom stereocenters. The molecule has 0 aromatic carbocycles. The smallest absolute Gasteiger partial charge is 0.160 e. The Morgan fingerprint density at radius 1 is 1.33 bits per heavy atom. The zero-order chi connectivity index (χ0) is 12.5. The highest BCUT2D eigenvalue weighted by Crippen LogP contribution is 2.29. The van der Waals surface area contributed by atoms with Gasteiger partial charge in [0.1, 0.15) is 0 Å². The highest BCUT2D eigenvalue weighted by molar-refractivity contribution is 7.08. The van der Waals surface area contributed by atoms with Crippen LogP contribution in [-0.4, -0.2) is 9.97 Å². The molecule has 0 amide bonds. The fraction of sp³-hybridized carbons (Fsp3) is 0.429. The molecule has 0 spiro atoms. The molecule has 1 atom stereocenters. The first-order valence-corrected chi connectivity index (χ1v) is 7.34. The van der Waals surface area contributed by atoms with E-state index in [1.54, 1.807) is 11.3 Å². The molecule has 0 saturated heterocycles. The molecule has 94 valence electrons. The fourth-order valence-corrected chi connectivity index (χ4v) is 3.29. The molecule has 2 heterocycles. The highest BCUT2D eigenvalue weighted by Gasteiger charge is 2.18. The van der Waals surface area contributed by atoms with E-state index >= 15 is 0 Å². The summed E-state index contributed by atoms with van der Waals surface area (Å²) < 4.78 is 0. The normalized spacial score (nSPS) is 19.3. The first-order chi connectivity index (χ1) is 8.75. The minimum absolute atomic E-state index is 0.111. The van der Waals surface area contributed by atoms with E-state index < -0.39 is 0 Å². The molecule has 2 N–H and O–H groups in total. The van der Waals surface area contributed by atoms with Crippen molar-refractivity contribution < 1.29 is 0 Å². The van der Waals surface area contributed by atoms with Crippen LogP contribution in [0, 0.1) is 6.92 Å². The molecule has 3 rings (SSSR count). The van der Waals surface area contributed by atoms with Gasteiger partial charge in [-0.2, -0.15) is 11.3 Å².